The van der Waals surface area contributed by atoms with Crippen LogP contribution in [0.15, 0.2) is 76.5 Å². The molecular weight excluding hydrogens is 425 g/mol. The summed E-state index contributed by atoms with van der Waals surface area (Å²) >= 11 is 0. The van der Waals surface area contributed by atoms with E-state index >= 15 is 0 Å². The molecule has 0 unspecified atom stereocenters. The molecule has 2 aromatic carbocycles. The summed E-state index contributed by atoms with van der Waals surface area (Å²) in [6, 6.07) is 12.0. The van der Waals surface area contributed by atoms with Gasteiger partial charge in [-0.25, -0.2) is 17.5 Å². The SMILES string of the molecule is Cc1oncc1C(=O)Nc1ccc(NS(=O)(=O)c2cnn(-c3ccccc3F)c2)cc1. The summed E-state index contributed by atoms with van der Waals surface area (Å²) < 4.78 is 47.6. The van der Waals surface area contributed by atoms with E-state index in [2.05, 4.69) is 20.3 Å². The third kappa shape index (κ3) is 4.31. The number of carbonyl (C=O) groups is 1. The molecule has 0 saturated heterocycles. The molecule has 9 nitrogen and oxygen atoms in total. The van der Waals surface area contributed by atoms with Crippen molar-refractivity contribution in [2.24, 2.45) is 0 Å². The smallest absolute Gasteiger partial charge is 0.265 e. The normalized spacial score (nSPS) is 11.3. The van der Waals surface area contributed by atoms with Crippen molar-refractivity contribution in [1.82, 2.24) is 14.9 Å². The second kappa shape index (κ2) is 8.03. The molecule has 158 valence electrons. The van der Waals surface area contributed by atoms with Crippen LogP contribution < -0.4 is 10.0 Å². The highest BCUT2D eigenvalue weighted by Crippen LogP contribution is 2.20. The maximum Gasteiger partial charge on any atom is 0.265 e. The Kier molecular flexibility index (Phi) is 5.26. The Balaban J connectivity index is 1.47. The Morgan fingerprint density at radius 1 is 1.06 bits per heavy atom. The van der Waals surface area contributed by atoms with Crippen LogP contribution in [0.2, 0.25) is 0 Å². The molecule has 11 heteroatoms. The predicted molar refractivity (Wildman–Crippen MR) is 110 cm³/mol. The average Bonchev–Trinajstić information content (AvgIpc) is 3.39. The monoisotopic (exact) mass is 441 g/mol. The van der Waals surface area contributed by atoms with Gasteiger partial charge in [0.1, 0.15) is 27.7 Å². The molecule has 0 spiro atoms. The van der Waals surface area contributed by atoms with Crippen LogP contribution in [-0.2, 0) is 10.0 Å². The van der Waals surface area contributed by atoms with Gasteiger partial charge in [0.05, 0.1) is 18.6 Å². The fourth-order valence-electron chi connectivity index (χ4n) is 2.77. The van der Waals surface area contributed by atoms with Crippen LogP contribution in [0.4, 0.5) is 15.8 Å². The van der Waals surface area contributed by atoms with Crippen molar-refractivity contribution < 1.29 is 22.1 Å². The fourth-order valence-corrected chi connectivity index (χ4v) is 3.75. The minimum Gasteiger partial charge on any atom is -0.361 e. The molecule has 2 aromatic heterocycles. The lowest BCUT2D eigenvalue weighted by Gasteiger charge is -2.08. The summed E-state index contributed by atoms with van der Waals surface area (Å²) in [5.74, 6) is -0.535. The molecule has 0 aliphatic carbocycles. The van der Waals surface area contributed by atoms with Crippen molar-refractivity contribution in [2.45, 2.75) is 11.8 Å². The van der Waals surface area contributed by atoms with Gasteiger partial charge in [0.2, 0.25) is 0 Å². The molecule has 0 aliphatic heterocycles. The van der Waals surface area contributed by atoms with Crippen LogP contribution >= 0.6 is 0 Å². The van der Waals surface area contributed by atoms with Crippen LogP contribution in [-0.4, -0.2) is 29.3 Å². The number of hydrogen-bond donors (Lipinski definition) is 2. The van der Waals surface area contributed by atoms with Gasteiger partial charge < -0.3 is 9.84 Å². The summed E-state index contributed by atoms with van der Waals surface area (Å²) in [7, 11) is -3.95. The van der Waals surface area contributed by atoms with Crippen LogP contribution in [0.25, 0.3) is 5.69 Å². The topological polar surface area (TPSA) is 119 Å². The lowest BCUT2D eigenvalue weighted by atomic mass is 10.2. The zero-order chi connectivity index (χ0) is 22.0. The van der Waals surface area contributed by atoms with E-state index in [1.807, 2.05) is 0 Å². The predicted octanol–water partition coefficient (Wildman–Crippen LogP) is 3.36. The first-order chi connectivity index (χ1) is 14.8. The Labute approximate surface area is 176 Å². The summed E-state index contributed by atoms with van der Waals surface area (Å²) in [6.45, 7) is 1.62. The van der Waals surface area contributed by atoms with E-state index in [-0.39, 0.29) is 16.3 Å². The summed E-state index contributed by atoms with van der Waals surface area (Å²) in [5.41, 5.74) is 1.17. The van der Waals surface area contributed by atoms with Crippen LogP contribution in [0, 0.1) is 12.7 Å². The Hall–Kier alpha value is -3.99. The van der Waals surface area contributed by atoms with Crippen LogP contribution in [0.3, 0.4) is 0 Å². The van der Waals surface area contributed by atoms with Gasteiger partial charge in [-0.05, 0) is 43.3 Å². The highest BCUT2D eigenvalue weighted by Gasteiger charge is 2.18. The van der Waals surface area contributed by atoms with Crippen molar-refractivity contribution in [3.63, 3.8) is 0 Å². The van der Waals surface area contributed by atoms with Crippen molar-refractivity contribution >= 4 is 27.3 Å². The molecule has 0 saturated carbocycles. The molecule has 0 atom stereocenters. The van der Waals surface area contributed by atoms with E-state index in [1.54, 1.807) is 25.1 Å². The van der Waals surface area contributed by atoms with Crippen molar-refractivity contribution in [1.29, 1.82) is 0 Å². The molecule has 0 radical (unpaired) electrons. The largest absolute Gasteiger partial charge is 0.361 e. The number of nitrogens with zero attached hydrogens (tertiary/aromatic N) is 3. The molecule has 2 heterocycles. The molecule has 1 amide bonds. The second-order valence-corrected chi connectivity index (χ2v) is 8.19. The third-order valence-corrected chi connectivity index (χ3v) is 5.69. The Morgan fingerprint density at radius 2 is 1.77 bits per heavy atom. The van der Waals surface area contributed by atoms with Gasteiger partial charge in [-0.3, -0.25) is 9.52 Å². The van der Waals surface area contributed by atoms with E-state index in [9.17, 15) is 17.6 Å². The van der Waals surface area contributed by atoms with E-state index in [4.69, 9.17) is 4.52 Å². The highest BCUT2D eigenvalue weighted by atomic mass is 32.2. The number of rotatable bonds is 6. The fraction of sp³-hybridized carbons (Fsp3) is 0.0500. The minimum absolute atomic E-state index is 0.129. The van der Waals surface area contributed by atoms with Gasteiger partial charge in [-0.15, -0.1) is 0 Å². The minimum atomic E-state index is -3.95. The molecule has 0 fully saturated rings. The van der Waals surface area contributed by atoms with E-state index in [0.29, 0.717) is 17.0 Å². The Bertz CT molecular complexity index is 1350. The number of benzene rings is 2. The van der Waals surface area contributed by atoms with Gasteiger partial charge in [0, 0.05) is 11.4 Å². The van der Waals surface area contributed by atoms with Crippen LogP contribution in [0.1, 0.15) is 16.1 Å². The van der Waals surface area contributed by atoms with Gasteiger partial charge in [0.15, 0.2) is 0 Å². The maximum atomic E-state index is 13.9. The van der Waals surface area contributed by atoms with Crippen molar-refractivity contribution in [3.05, 3.63) is 84.3 Å². The quantitative estimate of drug-likeness (QED) is 0.474. The van der Waals surface area contributed by atoms with Crippen LogP contribution in [0.5, 0.6) is 0 Å². The van der Waals surface area contributed by atoms with E-state index in [0.717, 1.165) is 10.9 Å². The number of carbonyl (C=O) groups excluding carboxylic acids is 1. The number of hydrogen-bond acceptors (Lipinski definition) is 6. The lowest BCUT2D eigenvalue weighted by Crippen LogP contribution is -2.13. The van der Waals surface area contributed by atoms with Crippen molar-refractivity contribution in [2.75, 3.05) is 10.0 Å². The zero-order valence-corrected chi connectivity index (χ0v) is 16.9. The van der Waals surface area contributed by atoms with Gasteiger partial charge in [0.25, 0.3) is 15.9 Å². The average molecular weight is 441 g/mol. The zero-order valence-electron chi connectivity index (χ0n) is 16.1. The molecule has 4 aromatic rings. The first-order valence-corrected chi connectivity index (χ1v) is 10.5. The van der Waals surface area contributed by atoms with E-state index < -0.39 is 21.7 Å². The molecule has 31 heavy (non-hydrogen) atoms. The van der Waals surface area contributed by atoms with Crippen molar-refractivity contribution in [3.8, 4) is 5.69 Å². The Morgan fingerprint density at radius 3 is 2.45 bits per heavy atom. The number of para-hydroxylation sites is 1. The molecule has 0 bridgehead atoms. The number of sulfonamides is 1. The molecular formula is C20H16FN5O4S. The molecule has 2 N–H and O–H groups in total. The maximum absolute atomic E-state index is 13.9. The van der Waals surface area contributed by atoms with Gasteiger partial charge in [-0.1, -0.05) is 17.3 Å². The number of nitrogens with one attached hydrogen (secondary N) is 2. The molecule has 4 rings (SSSR count). The third-order valence-electron chi connectivity index (χ3n) is 4.36. The standard InChI is InChI=1S/C20H16FN5O4S/c1-13-17(11-23-30-13)20(27)24-14-6-8-15(9-7-14)25-31(28,29)16-10-22-26(12-16)19-5-3-2-4-18(19)21/h2-12,25H,1H3,(H,24,27). The number of amides is 1. The number of halogens is 1. The van der Waals surface area contributed by atoms with Gasteiger partial charge >= 0.3 is 0 Å². The summed E-state index contributed by atoms with van der Waals surface area (Å²) in [5, 5.41) is 10.2. The summed E-state index contributed by atoms with van der Waals surface area (Å²) in [6.07, 6.45) is 3.66. The number of aryl methyl sites for hydroxylation is 1. The summed E-state index contributed by atoms with van der Waals surface area (Å²) in [4.78, 5) is 12.1. The first kappa shape index (κ1) is 20.3. The molecule has 0 aliphatic rings. The lowest BCUT2D eigenvalue weighted by molar-refractivity contribution is 0.102. The number of anilines is 2. The second-order valence-electron chi connectivity index (χ2n) is 6.50. The number of aromatic nitrogens is 3. The first-order valence-electron chi connectivity index (χ1n) is 8.98. The van der Waals surface area contributed by atoms with E-state index in [1.165, 1.54) is 42.7 Å². The van der Waals surface area contributed by atoms with Gasteiger partial charge in [-0.2, -0.15) is 5.10 Å². The highest BCUT2D eigenvalue weighted by molar-refractivity contribution is 7.92.